The molecule has 0 unspecified atom stereocenters. The molecule has 0 fully saturated rings. The summed E-state index contributed by atoms with van der Waals surface area (Å²) in [5.74, 6) is -2.84. The number of azide groups is 1. The van der Waals surface area contributed by atoms with Crippen molar-refractivity contribution in [2.75, 3.05) is 18.8 Å². The van der Waals surface area contributed by atoms with Gasteiger partial charge >= 0.3 is 5.97 Å². The fourth-order valence-electron chi connectivity index (χ4n) is 4.90. The summed E-state index contributed by atoms with van der Waals surface area (Å²) in [7, 11) is -10.7. The normalized spacial score (nSPS) is 11.5. The van der Waals surface area contributed by atoms with Crippen LogP contribution in [0, 0.1) is 0 Å². The fraction of sp³-hybridized carbons (Fsp3) is 0.250. The van der Waals surface area contributed by atoms with Gasteiger partial charge in [0, 0.05) is 46.1 Å². The molecule has 0 saturated carbocycles. The summed E-state index contributed by atoms with van der Waals surface area (Å²) >= 11 is 0. The van der Waals surface area contributed by atoms with Gasteiger partial charge in [-0.05, 0) is 54.3 Å². The number of nitrogens with two attached hydrogens (primary N) is 2. The molecule has 16 nitrogen and oxygen atoms in total. The highest BCUT2D eigenvalue weighted by Gasteiger charge is 2.30. The van der Waals surface area contributed by atoms with Crippen LogP contribution in [-0.2, 0) is 20.2 Å². The van der Waals surface area contributed by atoms with Crippen LogP contribution in [0.25, 0.3) is 43.9 Å². The maximum absolute atomic E-state index is 12.8. The predicted octanol–water partition coefficient (Wildman–Crippen LogP) is 2.19. The predicted molar refractivity (Wildman–Crippen MR) is 162 cm³/mol. The van der Waals surface area contributed by atoms with Crippen LogP contribution in [0.5, 0.6) is 0 Å². The van der Waals surface area contributed by atoms with Crippen LogP contribution in [0.4, 0.5) is 5.69 Å². The monoisotopic (exact) mass is 673 g/mol. The molecule has 4 rings (SSSR count). The summed E-state index contributed by atoms with van der Waals surface area (Å²) < 4.78 is 78.9. The number of anilines is 1. The Morgan fingerprint density at radius 3 is 2.26 bits per heavy atom. The van der Waals surface area contributed by atoms with E-state index in [2.05, 4.69) is 15.3 Å². The first-order valence-electron chi connectivity index (χ1n) is 13.2. The largest absolute Gasteiger partial charge is 0.744 e. The molecule has 2 aromatic carbocycles. The van der Waals surface area contributed by atoms with Crippen LogP contribution in [-0.4, -0.2) is 56.0 Å². The first-order valence-corrected chi connectivity index (χ1v) is 16.0. The van der Waals surface area contributed by atoms with Gasteiger partial charge in [0.1, 0.15) is 25.1 Å². The van der Waals surface area contributed by atoms with Crippen molar-refractivity contribution < 1.29 is 50.5 Å². The third-order valence-electron chi connectivity index (χ3n) is 6.84. The Morgan fingerprint density at radius 1 is 0.978 bits per heavy atom. The third-order valence-corrected chi connectivity index (χ3v) is 8.69. The molecule has 244 valence electrons. The van der Waals surface area contributed by atoms with Gasteiger partial charge in [0.05, 0.1) is 11.3 Å². The van der Waals surface area contributed by atoms with Crippen molar-refractivity contribution in [3.63, 3.8) is 0 Å². The molecule has 0 aromatic heterocycles. The van der Waals surface area contributed by atoms with Crippen molar-refractivity contribution >= 4 is 48.8 Å². The average molecular weight is 674 g/mol. The number of carboxylic acid groups (broad SMARTS) is 1. The fourth-order valence-corrected chi connectivity index (χ4v) is 6.37. The number of fused-ring (bicyclic) bond motifs is 2. The molecule has 0 saturated heterocycles. The highest BCUT2D eigenvalue weighted by molar-refractivity contribution is 7.86. The van der Waals surface area contributed by atoms with Crippen molar-refractivity contribution in [1.82, 2.24) is 5.32 Å². The summed E-state index contributed by atoms with van der Waals surface area (Å²) in [6.07, 6.45) is 2.83. The highest BCUT2D eigenvalue weighted by atomic mass is 32.2. The smallest absolute Gasteiger partial charge is 0.336 e. The zero-order valence-electron chi connectivity index (χ0n) is 23.2. The van der Waals surface area contributed by atoms with E-state index in [1.54, 1.807) is 0 Å². The molecule has 46 heavy (non-hydrogen) atoms. The number of benzene rings is 3. The van der Waals surface area contributed by atoms with Gasteiger partial charge in [0.25, 0.3) is 5.91 Å². The molecule has 0 radical (unpaired) electrons. The molecule has 1 amide bonds. The molecule has 0 atom stereocenters. The van der Waals surface area contributed by atoms with Crippen LogP contribution >= 0.6 is 0 Å². The average Bonchev–Trinajstić information content (AvgIpc) is 2.95. The lowest BCUT2D eigenvalue weighted by atomic mass is 9.89. The van der Waals surface area contributed by atoms with E-state index in [1.807, 2.05) is 0 Å². The molecule has 18 heteroatoms. The highest BCUT2D eigenvalue weighted by Crippen LogP contribution is 2.45. The van der Waals surface area contributed by atoms with Gasteiger partial charge < -0.3 is 29.7 Å². The van der Waals surface area contributed by atoms with Crippen LogP contribution in [0.3, 0.4) is 0 Å². The van der Waals surface area contributed by atoms with Gasteiger partial charge in [0.2, 0.25) is 5.36 Å². The van der Waals surface area contributed by atoms with Crippen molar-refractivity contribution in [2.45, 2.75) is 42.9 Å². The standard InChI is InChI=1S/C27H26N6O10S2.CH4/c28-19-9-7-16-21(17-8-10-20(29)25(45(40,41)42)23(17)43-22(16)24(19)44(37,38)39)15-6-5-14(13-18(15)27(35)36)26(34)31-11-3-1-2-4-12-32-33-30;/h5-10,13,28H,1-4,11-12,29H2,(H,31,34)(H,35,36)(H,37,38,39)(H,40,41,42);1H4/p-1. The lowest BCUT2D eigenvalue weighted by Crippen LogP contribution is -2.47. The zero-order chi connectivity index (χ0) is 33.1. The number of amides is 1. The van der Waals surface area contributed by atoms with Crippen molar-refractivity contribution in [1.29, 1.82) is 0 Å². The van der Waals surface area contributed by atoms with Gasteiger partial charge in [-0.1, -0.05) is 31.4 Å². The van der Waals surface area contributed by atoms with Crippen LogP contribution in [0.2, 0.25) is 0 Å². The number of nitrogen functional groups attached to an aromatic ring is 1. The van der Waals surface area contributed by atoms with Crippen molar-refractivity contribution in [3.05, 3.63) is 69.4 Å². The topological polar surface area (TPSA) is 294 Å². The number of aromatic carboxylic acids is 1. The van der Waals surface area contributed by atoms with Gasteiger partial charge in [-0.15, -0.1) is 0 Å². The Balaban J connectivity index is 0.00000576. The molecule has 0 bridgehead atoms. The second kappa shape index (κ2) is 14.0. The molecule has 1 aliphatic heterocycles. The molecular weight excluding hydrogens is 644 g/mol. The molecule has 1 heterocycles. The lowest BCUT2D eigenvalue weighted by molar-refractivity contribution is -0.176. The molecular formula is C28H29N6O10S2-. The number of unbranched alkanes of at least 4 members (excludes halogenated alkanes) is 3. The number of rotatable bonds is 12. The van der Waals surface area contributed by atoms with E-state index in [9.17, 15) is 40.6 Å². The number of carbonyl (C=O) groups is 2. The van der Waals surface area contributed by atoms with Gasteiger partial charge in [-0.3, -0.25) is 10.2 Å². The van der Waals surface area contributed by atoms with E-state index in [-0.39, 0.29) is 41.6 Å². The Kier molecular flexibility index (Phi) is 10.8. The lowest BCUT2D eigenvalue weighted by Gasteiger charge is -2.22. The molecule has 2 aliphatic rings. The third kappa shape index (κ3) is 7.27. The van der Waals surface area contributed by atoms with Crippen molar-refractivity contribution in [3.8, 4) is 22.5 Å². The molecule has 2 aromatic rings. The van der Waals surface area contributed by atoms with E-state index in [0.29, 0.717) is 19.4 Å². The number of nitrogens with zero attached hydrogens (tertiary/aromatic N) is 3. The molecule has 1 aliphatic carbocycles. The Bertz CT molecular complexity index is 2140. The number of carboxylic acids is 1. The maximum Gasteiger partial charge on any atom is 0.336 e. The minimum Gasteiger partial charge on any atom is -0.744 e. The summed E-state index contributed by atoms with van der Waals surface area (Å²) in [6.45, 7) is 0.651. The minimum absolute atomic E-state index is 0. The Morgan fingerprint density at radius 2 is 1.63 bits per heavy atom. The Labute approximate surface area is 262 Å². The summed E-state index contributed by atoms with van der Waals surface area (Å²) in [4.78, 5) is 25.9. The quantitative estimate of drug-likeness (QED) is 0.0321. The van der Waals surface area contributed by atoms with E-state index in [0.717, 1.165) is 31.0 Å². The number of hydrogen-bond donors (Lipinski definition) is 4. The maximum atomic E-state index is 12.8. The Hall–Kier alpha value is -5.00. The number of carbonyl (C=O) groups excluding carboxylic acids is 1. The summed E-state index contributed by atoms with van der Waals surface area (Å²) in [6, 6.07) is 8.21. The van der Waals surface area contributed by atoms with Gasteiger partial charge in [-0.25, -0.2) is 21.6 Å². The molecule has 6 N–H and O–H groups in total. The minimum atomic E-state index is -5.37. The van der Waals surface area contributed by atoms with E-state index in [1.165, 1.54) is 24.3 Å². The van der Waals surface area contributed by atoms with Crippen molar-refractivity contribution in [2.24, 2.45) is 5.11 Å². The van der Waals surface area contributed by atoms with Gasteiger partial charge in [0.15, 0.2) is 16.2 Å². The summed E-state index contributed by atoms with van der Waals surface area (Å²) in [5, 5.41) is 21.3. The second-order valence-corrected chi connectivity index (χ2v) is 12.4. The number of hydrogen-bond acceptors (Lipinski definition) is 11. The van der Waals surface area contributed by atoms with Crippen LogP contribution < -0.4 is 21.8 Å². The summed E-state index contributed by atoms with van der Waals surface area (Å²) in [5.41, 5.74) is 11.9. The SMILES string of the molecule is C.[N-]=[N+]=NCCCCCCNC(=O)c1ccc(-c2c3ccc(=[NH2+])c(S(=O)(=O)[O-])c-3oc3c(S(=O)(=O)[O-])c(N)ccc23)c(C(=O)O)c1. The van der Waals surface area contributed by atoms with Gasteiger partial charge in [-0.2, -0.15) is 0 Å². The van der Waals surface area contributed by atoms with Crippen LogP contribution in [0.15, 0.2) is 61.8 Å². The zero-order valence-corrected chi connectivity index (χ0v) is 24.9. The van der Waals surface area contributed by atoms with E-state index < -0.39 is 69.9 Å². The van der Waals surface area contributed by atoms with E-state index in [4.69, 9.17) is 21.1 Å². The second-order valence-electron chi connectivity index (χ2n) is 9.80. The van der Waals surface area contributed by atoms with Crippen LogP contribution in [0.1, 0.15) is 53.8 Å². The first-order chi connectivity index (χ1) is 21.2. The first kappa shape index (κ1) is 35.5. The molecule has 0 spiro atoms. The number of nitrogens with one attached hydrogen (secondary N) is 1. The van der Waals surface area contributed by atoms with E-state index >= 15 is 0 Å².